The van der Waals surface area contributed by atoms with E-state index in [9.17, 15) is 27.6 Å². The molecule has 0 spiro atoms. The van der Waals surface area contributed by atoms with Crippen LogP contribution in [0, 0.1) is 11.8 Å². The molecule has 3 unspecified atom stereocenters. The Kier molecular flexibility index (Phi) is 5.79. The van der Waals surface area contributed by atoms with Gasteiger partial charge in [0.1, 0.15) is 17.6 Å². The standard InChI is InChI=1S/C19H18F3NO5/c1-27-4-5-28-9-14-12(2-3-15(23-14)19(20,21)22)16-17(25)10-6-11(8-24)13(7-10)18(16)26/h2-3,10,13,16H,4-7,9H2,1H3. The molecule has 9 heteroatoms. The molecule has 0 aliphatic heterocycles. The summed E-state index contributed by atoms with van der Waals surface area (Å²) in [6.07, 6.45) is -4.25. The van der Waals surface area contributed by atoms with E-state index in [0.29, 0.717) is 0 Å². The van der Waals surface area contributed by atoms with Crippen LogP contribution in [-0.2, 0) is 36.6 Å². The minimum atomic E-state index is -4.67. The largest absolute Gasteiger partial charge is 0.433 e. The molecular weight excluding hydrogens is 379 g/mol. The summed E-state index contributed by atoms with van der Waals surface area (Å²) in [5.41, 5.74) is -0.893. The van der Waals surface area contributed by atoms with Gasteiger partial charge in [0.2, 0.25) is 0 Å². The Morgan fingerprint density at radius 2 is 1.96 bits per heavy atom. The van der Waals surface area contributed by atoms with E-state index in [4.69, 9.17) is 9.47 Å². The lowest BCUT2D eigenvalue weighted by Crippen LogP contribution is -2.36. The predicted molar refractivity (Wildman–Crippen MR) is 88.9 cm³/mol. The molecule has 1 aromatic rings. The van der Waals surface area contributed by atoms with E-state index in [1.54, 1.807) is 5.94 Å². The van der Waals surface area contributed by atoms with Gasteiger partial charge >= 0.3 is 6.18 Å². The number of Topliss-reactive ketones (excluding diaryl/α,β-unsaturated/α-hetero) is 2. The Labute approximate surface area is 158 Å². The smallest absolute Gasteiger partial charge is 0.382 e. The second kappa shape index (κ2) is 7.95. The average Bonchev–Trinajstić information content (AvgIpc) is 3.05. The Hall–Kier alpha value is -2.35. The molecule has 2 aliphatic rings. The number of hydrogen-bond acceptors (Lipinski definition) is 6. The number of hydrogen-bond donors (Lipinski definition) is 0. The fourth-order valence-corrected chi connectivity index (χ4v) is 3.78. The van der Waals surface area contributed by atoms with Crippen molar-refractivity contribution in [2.45, 2.75) is 31.5 Å². The molecule has 0 saturated heterocycles. The second-order valence-corrected chi connectivity index (χ2v) is 6.83. The number of alkyl halides is 3. The highest BCUT2D eigenvalue weighted by Gasteiger charge is 2.51. The highest BCUT2D eigenvalue weighted by molar-refractivity contribution is 6.14. The number of pyridine rings is 1. The van der Waals surface area contributed by atoms with Crippen molar-refractivity contribution < 1.29 is 37.0 Å². The van der Waals surface area contributed by atoms with Crippen molar-refractivity contribution in [1.29, 1.82) is 0 Å². The van der Waals surface area contributed by atoms with Gasteiger partial charge < -0.3 is 9.47 Å². The van der Waals surface area contributed by atoms with Gasteiger partial charge in [0.05, 0.1) is 31.4 Å². The normalized spacial score (nSPS) is 24.6. The van der Waals surface area contributed by atoms with Crippen LogP contribution in [0.3, 0.4) is 0 Å². The first-order valence-electron chi connectivity index (χ1n) is 8.73. The maximum Gasteiger partial charge on any atom is 0.433 e. The van der Waals surface area contributed by atoms with E-state index in [1.165, 1.54) is 7.11 Å². The number of rotatable bonds is 6. The lowest BCUT2D eigenvalue weighted by molar-refractivity contribution is -0.141. The molecule has 0 amide bonds. The minimum Gasteiger partial charge on any atom is -0.382 e. The van der Waals surface area contributed by atoms with Crippen LogP contribution >= 0.6 is 0 Å². The maximum absolute atomic E-state index is 13.1. The van der Waals surface area contributed by atoms with E-state index >= 15 is 0 Å². The lowest BCUT2D eigenvalue weighted by atomic mass is 9.74. The molecule has 2 saturated carbocycles. The number of halogens is 3. The van der Waals surface area contributed by atoms with Gasteiger partial charge in [0, 0.05) is 18.6 Å². The van der Waals surface area contributed by atoms with Gasteiger partial charge in [-0.3, -0.25) is 9.59 Å². The fraction of sp³-hybridized carbons (Fsp3) is 0.526. The Morgan fingerprint density at radius 3 is 2.61 bits per heavy atom. The highest BCUT2D eigenvalue weighted by atomic mass is 19.4. The van der Waals surface area contributed by atoms with Crippen molar-refractivity contribution in [1.82, 2.24) is 4.98 Å². The van der Waals surface area contributed by atoms with E-state index in [0.717, 1.165) is 12.1 Å². The van der Waals surface area contributed by atoms with Crippen LogP contribution in [0.25, 0.3) is 0 Å². The summed E-state index contributed by atoms with van der Waals surface area (Å²) in [6.45, 7) is 0.0440. The number of fused-ring (bicyclic) bond motifs is 2. The maximum atomic E-state index is 13.1. The molecule has 6 nitrogen and oxygen atoms in total. The van der Waals surface area contributed by atoms with Gasteiger partial charge in [0.25, 0.3) is 0 Å². The van der Waals surface area contributed by atoms with Crippen molar-refractivity contribution in [3.8, 4) is 0 Å². The van der Waals surface area contributed by atoms with Crippen LogP contribution in [0.5, 0.6) is 0 Å². The predicted octanol–water partition coefficient (Wildman–Crippen LogP) is 2.28. The third-order valence-electron chi connectivity index (χ3n) is 5.13. The number of aromatic nitrogens is 1. The topological polar surface area (TPSA) is 82.6 Å². The second-order valence-electron chi connectivity index (χ2n) is 6.83. The quantitative estimate of drug-likeness (QED) is 0.416. The van der Waals surface area contributed by atoms with Gasteiger partial charge in [-0.25, -0.2) is 9.78 Å². The van der Waals surface area contributed by atoms with Crippen molar-refractivity contribution in [2.75, 3.05) is 20.3 Å². The summed E-state index contributed by atoms with van der Waals surface area (Å²) in [5, 5.41) is 0. The first kappa shape index (κ1) is 20.4. The molecule has 1 heterocycles. The molecule has 0 aromatic carbocycles. The number of carbonyl (C=O) groups excluding carboxylic acids is 3. The average molecular weight is 397 g/mol. The van der Waals surface area contributed by atoms with E-state index < -0.39 is 41.2 Å². The Morgan fingerprint density at radius 1 is 1.21 bits per heavy atom. The summed E-state index contributed by atoms with van der Waals surface area (Å²) >= 11 is 0. The third kappa shape index (κ3) is 3.78. The fourth-order valence-electron chi connectivity index (χ4n) is 3.78. The van der Waals surface area contributed by atoms with E-state index in [2.05, 4.69) is 4.98 Å². The summed E-state index contributed by atoms with van der Waals surface area (Å²) in [7, 11) is 1.45. The third-order valence-corrected chi connectivity index (χ3v) is 5.13. The molecular formula is C19H18F3NO5. The first-order valence-corrected chi connectivity index (χ1v) is 8.73. The molecule has 3 rings (SSSR count). The number of carbonyl (C=O) groups is 2. The number of methoxy groups -OCH3 is 1. The van der Waals surface area contributed by atoms with Crippen LogP contribution < -0.4 is 0 Å². The Bertz CT molecular complexity index is 844. The molecule has 0 radical (unpaired) electrons. The van der Waals surface area contributed by atoms with Gasteiger partial charge in [-0.2, -0.15) is 13.2 Å². The summed E-state index contributed by atoms with van der Waals surface area (Å²) in [6, 6.07) is 1.86. The summed E-state index contributed by atoms with van der Waals surface area (Å²) in [5.74, 6) is -1.61. The van der Waals surface area contributed by atoms with Crippen LogP contribution in [0.1, 0.15) is 35.7 Å². The van der Waals surface area contributed by atoms with E-state index in [1.807, 2.05) is 0 Å². The zero-order valence-electron chi connectivity index (χ0n) is 15.0. The molecule has 2 fully saturated rings. The molecule has 28 heavy (non-hydrogen) atoms. The zero-order chi connectivity index (χ0) is 20.5. The highest BCUT2D eigenvalue weighted by Crippen LogP contribution is 2.46. The van der Waals surface area contributed by atoms with Crippen molar-refractivity contribution >= 4 is 17.5 Å². The van der Waals surface area contributed by atoms with Crippen LogP contribution in [-0.4, -0.2) is 42.8 Å². The zero-order valence-corrected chi connectivity index (χ0v) is 15.0. The van der Waals surface area contributed by atoms with Crippen LogP contribution in [0.15, 0.2) is 17.7 Å². The molecule has 2 bridgehead atoms. The molecule has 0 N–H and O–H groups in total. The lowest BCUT2D eigenvalue weighted by Gasteiger charge is -2.26. The minimum absolute atomic E-state index is 0.0993. The van der Waals surface area contributed by atoms with Gasteiger partial charge in [0.15, 0.2) is 11.6 Å². The summed E-state index contributed by atoms with van der Waals surface area (Å²) < 4.78 is 49.3. The van der Waals surface area contributed by atoms with Crippen molar-refractivity contribution in [3.63, 3.8) is 0 Å². The van der Waals surface area contributed by atoms with Crippen LogP contribution in [0.2, 0.25) is 0 Å². The number of nitrogens with zero attached hydrogens (tertiary/aromatic N) is 1. The van der Waals surface area contributed by atoms with Gasteiger partial charge in [-0.05, 0) is 24.5 Å². The van der Waals surface area contributed by atoms with Gasteiger partial charge in [-0.1, -0.05) is 6.07 Å². The van der Waals surface area contributed by atoms with Crippen molar-refractivity contribution in [3.05, 3.63) is 34.7 Å². The number of ether oxygens (including phenoxy) is 2. The van der Waals surface area contributed by atoms with Crippen molar-refractivity contribution in [2.24, 2.45) is 11.8 Å². The number of allylic oxidation sites excluding steroid dienone is 1. The van der Waals surface area contributed by atoms with Gasteiger partial charge in [-0.15, -0.1) is 0 Å². The molecule has 3 atom stereocenters. The summed E-state index contributed by atoms with van der Waals surface area (Å²) in [4.78, 5) is 40.3. The SMILES string of the molecule is COCCOCc1nc(C(F)(F)F)ccc1C1C(=O)C2CC(=C=O)C(C2)C1=O. The molecule has 150 valence electrons. The first-order chi connectivity index (χ1) is 13.3. The molecule has 2 aliphatic carbocycles. The van der Waals surface area contributed by atoms with Crippen LogP contribution in [0.4, 0.5) is 13.2 Å². The Balaban J connectivity index is 1.98. The number of ketones is 2. The van der Waals surface area contributed by atoms with E-state index in [-0.39, 0.29) is 49.5 Å². The molecule has 1 aromatic heterocycles. The monoisotopic (exact) mass is 397 g/mol.